The third-order valence-corrected chi connectivity index (χ3v) is 7.76. The van der Waals surface area contributed by atoms with Crippen molar-refractivity contribution in [2.75, 3.05) is 26.2 Å². The van der Waals surface area contributed by atoms with Gasteiger partial charge < -0.3 is 10.2 Å². The quantitative estimate of drug-likeness (QED) is 0.672. The molecule has 3 saturated heterocycles. The second kappa shape index (κ2) is 8.60. The maximum Gasteiger partial charge on any atom is 0.240 e. The first-order valence-corrected chi connectivity index (χ1v) is 11.9. The van der Waals surface area contributed by atoms with Crippen LogP contribution in [0.2, 0.25) is 0 Å². The van der Waals surface area contributed by atoms with Crippen LogP contribution in [0, 0.1) is 5.82 Å². The van der Waals surface area contributed by atoms with E-state index in [4.69, 9.17) is 0 Å². The highest BCUT2D eigenvalue weighted by Gasteiger charge is 2.44. The number of nitrogens with zero attached hydrogens (tertiary/aromatic N) is 2. The fourth-order valence-electron chi connectivity index (χ4n) is 4.65. The molecular formula is C20H27FN4O4S. The minimum Gasteiger partial charge on any atom is -0.353 e. The summed E-state index contributed by atoms with van der Waals surface area (Å²) in [7, 11) is -3.81. The number of piperazine rings is 1. The molecule has 0 saturated carbocycles. The van der Waals surface area contributed by atoms with Gasteiger partial charge in [-0.25, -0.2) is 17.5 Å². The fraction of sp³-hybridized carbons (Fsp3) is 0.600. The molecule has 164 valence electrons. The number of sulfonamides is 1. The predicted molar refractivity (Wildman–Crippen MR) is 107 cm³/mol. The molecule has 0 aromatic heterocycles. The van der Waals surface area contributed by atoms with Crippen LogP contribution < -0.4 is 10.0 Å². The number of rotatable bonds is 6. The van der Waals surface area contributed by atoms with Crippen molar-refractivity contribution in [2.45, 2.75) is 55.1 Å². The van der Waals surface area contributed by atoms with E-state index in [9.17, 15) is 22.4 Å². The van der Waals surface area contributed by atoms with Gasteiger partial charge in [0.2, 0.25) is 21.8 Å². The minimum atomic E-state index is -3.81. The Kier molecular flexibility index (Phi) is 6.08. The van der Waals surface area contributed by atoms with Gasteiger partial charge in [-0.3, -0.25) is 14.5 Å². The number of hydrogen-bond acceptors (Lipinski definition) is 5. The number of halogens is 1. The maximum atomic E-state index is 13.1. The van der Waals surface area contributed by atoms with Gasteiger partial charge in [-0.05, 0) is 49.9 Å². The lowest BCUT2D eigenvalue weighted by Gasteiger charge is -2.37. The molecule has 0 spiro atoms. The third-order valence-electron chi connectivity index (χ3n) is 6.22. The fourth-order valence-corrected chi connectivity index (χ4v) is 5.89. The Hall–Kier alpha value is -2.04. The van der Waals surface area contributed by atoms with Crippen LogP contribution >= 0.6 is 0 Å². The highest BCUT2D eigenvalue weighted by atomic mass is 32.2. The Labute approximate surface area is 175 Å². The summed E-state index contributed by atoms with van der Waals surface area (Å²) < 4.78 is 41.0. The first-order valence-electron chi connectivity index (χ1n) is 10.4. The molecule has 0 unspecified atom stereocenters. The van der Waals surface area contributed by atoms with Crippen molar-refractivity contribution in [3.8, 4) is 0 Å². The molecule has 0 aliphatic carbocycles. The molecule has 2 N–H and O–H groups in total. The number of nitrogens with one attached hydrogen (secondary N) is 2. The van der Waals surface area contributed by atoms with Gasteiger partial charge >= 0.3 is 0 Å². The molecule has 3 aliphatic heterocycles. The van der Waals surface area contributed by atoms with E-state index in [1.54, 1.807) is 0 Å². The summed E-state index contributed by atoms with van der Waals surface area (Å²) in [4.78, 5) is 28.6. The smallest absolute Gasteiger partial charge is 0.240 e. The van der Waals surface area contributed by atoms with Crippen LogP contribution in [0.1, 0.15) is 32.1 Å². The van der Waals surface area contributed by atoms with Crippen molar-refractivity contribution in [1.29, 1.82) is 0 Å². The second-order valence-electron chi connectivity index (χ2n) is 8.25. The Morgan fingerprint density at radius 2 is 1.90 bits per heavy atom. The first kappa shape index (κ1) is 21.2. The molecule has 30 heavy (non-hydrogen) atoms. The first-order chi connectivity index (χ1) is 14.3. The molecule has 4 rings (SSSR count). The molecule has 0 bridgehead atoms. The SMILES string of the molecule is O=C1NC[C@@H](CCC(=O)N2CCCC2)N2C[C@H](NS(=O)(=O)c3ccc(F)cc3)C[C@@H]12. The molecule has 0 radical (unpaired) electrons. The Bertz CT molecular complexity index is 902. The minimum absolute atomic E-state index is 0.000390. The van der Waals surface area contributed by atoms with Crippen LogP contribution in [-0.4, -0.2) is 74.3 Å². The van der Waals surface area contributed by atoms with E-state index < -0.39 is 27.9 Å². The predicted octanol–water partition coefficient (Wildman–Crippen LogP) is 0.448. The van der Waals surface area contributed by atoms with Gasteiger partial charge in [0.05, 0.1) is 10.9 Å². The van der Waals surface area contributed by atoms with Crippen LogP contribution in [0.3, 0.4) is 0 Å². The zero-order chi connectivity index (χ0) is 21.3. The topological polar surface area (TPSA) is 98.8 Å². The van der Waals surface area contributed by atoms with Crippen LogP contribution in [0.5, 0.6) is 0 Å². The van der Waals surface area contributed by atoms with Crippen molar-refractivity contribution in [2.24, 2.45) is 0 Å². The van der Waals surface area contributed by atoms with E-state index >= 15 is 0 Å². The van der Waals surface area contributed by atoms with Crippen molar-refractivity contribution >= 4 is 21.8 Å². The average Bonchev–Trinajstić information content (AvgIpc) is 3.38. The Balaban J connectivity index is 1.38. The van der Waals surface area contributed by atoms with Crippen LogP contribution in [0.4, 0.5) is 4.39 Å². The molecule has 1 aromatic carbocycles. The highest BCUT2D eigenvalue weighted by molar-refractivity contribution is 7.89. The second-order valence-corrected chi connectivity index (χ2v) is 9.96. The monoisotopic (exact) mass is 438 g/mol. The number of carbonyl (C=O) groups is 2. The zero-order valence-corrected chi connectivity index (χ0v) is 17.5. The summed E-state index contributed by atoms with van der Waals surface area (Å²) in [6, 6.07) is 3.82. The molecule has 8 nitrogen and oxygen atoms in total. The summed E-state index contributed by atoms with van der Waals surface area (Å²) in [6.07, 6.45) is 3.52. The van der Waals surface area contributed by atoms with Crippen molar-refractivity contribution in [3.05, 3.63) is 30.1 Å². The zero-order valence-electron chi connectivity index (χ0n) is 16.7. The summed E-state index contributed by atoms with van der Waals surface area (Å²) in [5, 5.41) is 2.89. The number of fused-ring (bicyclic) bond motifs is 1. The molecule has 2 amide bonds. The van der Waals surface area contributed by atoms with Gasteiger partial charge in [0.1, 0.15) is 5.82 Å². The van der Waals surface area contributed by atoms with Crippen molar-refractivity contribution < 1.29 is 22.4 Å². The number of benzene rings is 1. The lowest BCUT2D eigenvalue weighted by atomic mass is 10.0. The summed E-state index contributed by atoms with van der Waals surface area (Å²) in [6.45, 7) is 2.50. The lowest BCUT2D eigenvalue weighted by Crippen LogP contribution is -2.58. The van der Waals surface area contributed by atoms with Gasteiger partial charge in [-0.15, -0.1) is 0 Å². The van der Waals surface area contributed by atoms with Crippen LogP contribution in [-0.2, 0) is 19.6 Å². The van der Waals surface area contributed by atoms with Crippen LogP contribution in [0.15, 0.2) is 29.2 Å². The molecule has 10 heteroatoms. The Morgan fingerprint density at radius 1 is 1.20 bits per heavy atom. The van der Waals surface area contributed by atoms with E-state index in [0.717, 1.165) is 38.1 Å². The molecule has 3 fully saturated rings. The van der Waals surface area contributed by atoms with Crippen LogP contribution in [0.25, 0.3) is 0 Å². The van der Waals surface area contributed by atoms with E-state index in [1.165, 1.54) is 12.1 Å². The summed E-state index contributed by atoms with van der Waals surface area (Å²) in [5.41, 5.74) is 0. The largest absolute Gasteiger partial charge is 0.353 e. The van der Waals surface area contributed by atoms with E-state index in [1.807, 2.05) is 9.80 Å². The van der Waals surface area contributed by atoms with Crippen molar-refractivity contribution in [3.63, 3.8) is 0 Å². The summed E-state index contributed by atoms with van der Waals surface area (Å²) in [5.74, 6) is -0.468. The molecule has 3 aliphatic rings. The molecule has 1 aromatic rings. The molecule has 3 heterocycles. The van der Waals surface area contributed by atoms with E-state index in [2.05, 4.69) is 10.0 Å². The highest BCUT2D eigenvalue weighted by Crippen LogP contribution is 2.27. The number of likely N-dealkylation sites (tertiary alicyclic amines) is 1. The third kappa shape index (κ3) is 4.50. The summed E-state index contributed by atoms with van der Waals surface area (Å²) >= 11 is 0. The maximum absolute atomic E-state index is 13.1. The Morgan fingerprint density at radius 3 is 2.60 bits per heavy atom. The standard InChI is InChI=1S/C20H27FN4O4S/c21-14-3-6-17(7-4-14)30(28,29)23-15-11-18-20(27)22-12-16(25(18)13-15)5-8-19(26)24-9-1-2-10-24/h3-4,6-7,15-16,18,23H,1-2,5,8-13H2,(H,22,27)/t15-,16-,18+/m1/s1. The van der Waals surface area contributed by atoms with Gasteiger partial charge in [0, 0.05) is 44.7 Å². The van der Waals surface area contributed by atoms with Crippen molar-refractivity contribution in [1.82, 2.24) is 19.8 Å². The average molecular weight is 439 g/mol. The molecular weight excluding hydrogens is 411 g/mol. The normalized spacial score (nSPS) is 27.2. The number of amides is 2. The van der Waals surface area contributed by atoms with Gasteiger partial charge in [-0.1, -0.05) is 0 Å². The van der Waals surface area contributed by atoms with E-state index in [-0.39, 0.29) is 22.8 Å². The number of carbonyl (C=O) groups excluding carboxylic acids is 2. The van der Waals surface area contributed by atoms with Gasteiger partial charge in [-0.2, -0.15) is 0 Å². The van der Waals surface area contributed by atoms with E-state index in [0.29, 0.717) is 32.4 Å². The molecule has 3 atom stereocenters. The van der Waals surface area contributed by atoms with Gasteiger partial charge in [0.15, 0.2) is 0 Å². The number of hydrogen-bond donors (Lipinski definition) is 2. The lowest BCUT2D eigenvalue weighted by molar-refractivity contribution is -0.131. The van der Waals surface area contributed by atoms with Gasteiger partial charge in [0.25, 0.3) is 0 Å².